The van der Waals surface area contributed by atoms with E-state index < -0.39 is 17.5 Å². The van der Waals surface area contributed by atoms with E-state index in [1.54, 1.807) is 42.3 Å². The molecule has 0 aliphatic carbocycles. The third-order valence-corrected chi connectivity index (χ3v) is 8.00. The van der Waals surface area contributed by atoms with E-state index in [9.17, 15) is 22.8 Å². The second-order valence-electron chi connectivity index (χ2n) is 10.0. The lowest BCUT2D eigenvalue weighted by Gasteiger charge is -2.55. The lowest BCUT2D eigenvalue weighted by molar-refractivity contribution is -0.839. The topological polar surface area (TPSA) is 49.9 Å². The zero-order chi connectivity index (χ0) is 26.4. The number of likely N-dealkylation sites (N-methyl/N-ethyl adjacent to an activating group) is 2. The summed E-state index contributed by atoms with van der Waals surface area (Å²) in [5, 5.41) is 0. The van der Waals surface area contributed by atoms with Gasteiger partial charge in [0.1, 0.15) is 23.7 Å². The predicted molar refractivity (Wildman–Crippen MR) is 132 cm³/mol. The van der Waals surface area contributed by atoms with Crippen molar-refractivity contribution in [3.63, 3.8) is 0 Å². The zero-order valence-electron chi connectivity index (χ0n) is 20.8. The summed E-state index contributed by atoms with van der Waals surface area (Å²) in [5.41, 5.74) is 0.602. The SMILES string of the molecule is CN1CC[N+]2(C)C(C(=O)C(F)(F)F)=CC=C2C12CCN(C(=O)c1ccc(Oc3ccccc3)cc1)CC2. The summed E-state index contributed by atoms with van der Waals surface area (Å²) in [6.45, 7) is 1.86. The maximum absolute atomic E-state index is 13.3. The summed E-state index contributed by atoms with van der Waals surface area (Å²) in [6.07, 6.45) is -0.735. The third kappa shape index (κ3) is 4.36. The fraction of sp³-hybridized carbons (Fsp3) is 0.357. The molecule has 9 heteroatoms. The Morgan fingerprint density at radius 3 is 2.16 bits per heavy atom. The maximum Gasteiger partial charge on any atom is 0.460 e. The number of carbonyl (C=O) groups excluding carboxylic acids is 2. The van der Waals surface area contributed by atoms with Crippen LogP contribution in [-0.4, -0.2) is 78.0 Å². The summed E-state index contributed by atoms with van der Waals surface area (Å²) in [6, 6.07) is 16.4. The van der Waals surface area contributed by atoms with Crippen LogP contribution in [0.3, 0.4) is 0 Å². The van der Waals surface area contributed by atoms with Gasteiger partial charge in [0.2, 0.25) is 0 Å². The minimum Gasteiger partial charge on any atom is -0.457 e. The standard InChI is InChI=1S/C28H29F3N3O3/c1-32-18-19-34(2)23(25(35)28(29,30)31)12-13-24(34)27(32)14-16-33(17-15-27)26(36)20-8-10-22(11-9-20)37-21-6-4-3-5-7-21/h3-13H,14-19H2,1-2H3/q+1. The van der Waals surface area contributed by atoms with Crippen molar-refractivity contribution in [2.24, 2.45) is 0 Å². The number of benzene rings is 2. The molecule has 1 atom stereocenters. The monoisotopic (exact) mass is 512 g/mol. The van der Waals surface area contributed by atoms with Gasteiger partial charge in [0.15, 0.2) is 5.70 Å². The number of quaternary nitrogens is 1. The Morgan fingerprint density at radius 2 is 1.54 bits per heavy atom. The summed E-state index contributed by atoms with van der Waals surface area (Å²) < 4.78 is 45.5. The van der Waals surface area contributed by atoms with Gasteiger partial charge in [0.05, 0.1) is 12.6 Å². The number of ether oxygens (including phenoxy) is 1. The number of piperazine rings is 1. The van der Waals surface area contributed by atoms with Crippen LogP contribution < -0.4 is 4.74 Å². The highest BCUT2D eigenvalue weighted by molar-refractivity contribution is 5.98. The molecule has 1 amide bonds. The van der Waals surface area contributed by atoms with E-state index >= 15 is 0 Å². The van der Waals surface area contributed by atoms with Crippen molar-refractivity contribution >= 4 is 11.7 Å². The van der Waals surface area contributed by atoms with Gasteiger partial charge in [0.25, 0.3) is 5.91 Å². The number of carbonyl (C=O) groups is 2. The molecular weight excluding hydrogens is 483 g/mol. The van der Waals surface area contributed by atoms with E-state index in [1.165, 1.54) is 6.08 Å². The first-order chi connectivity index (χ1) is 17.5. The van der Waals surface area contributed by atoms with Crippen LogP contribution in [0.2, 0.25) is 0 Å². The third-order valence-electron chi connectivity index (χ3n) is 8.00. The molecule has 0 bridgehead atoms. The van der Waals surface area contributed by atoms with Gasteiger partial charge in [-0.2, -0.15) is 13.2 Å². The number of allylic oxidation sites excluding steroid dienone is 3. The first-order valence-corrected chi connectivity index (χ1v) is 12.3. The summed E-state index contributed by atoms with van der Waals surface area (Å²) in [7, 11) is 3.66. The van der Waals surface area contributed by atoms with Crippen molar-refractivity contribution in [2.75, 3.05) is 40.3 Å². The number of fused-ring (bicyclic) bond motifs is 2. The molecule has 6 nitrogen and oxygen atoms in total. The Kier molecular flexibility index (Phi) is 6.24. The van der Waals surface area contributed by atoms with E-state index in [2.05, 4.69) is 4.90 Å². The maximum atomic E-state index is 13.3. The zero-order valence-corrected chi connectivity index (χ0v) is 20.8. The van der Waals surface area contributed by atoms with E-state index in [0.717, 1.165) is 5.70 Å². The molecule has 0 saturated carbocycles. The number of para-hydroxylation sites is 1. The fourth-order valence-corrected chi connectivity index (χ4v) is 5.87. The second-order valence-corrected chi connectivity index (χ2v) is 10.0. The van der Waals surface area contributed by atoms with E-state index in [4.69, 9.17) is 4.74 Å². The van der Waals surface area contributed by atoms with Crippen molar-refractivity contribution in [1.29, 1.82) is 0 Å². The largest absolute Gasteiger partial charge is 0.460 e. The molecule has 1 spiro atoms. The van der Waals surface area contributed by atoms with Crippen LogP contribution in [0.5, 0.6) is 11.5 Å². The average Bonchev–Trinajstić information content (AvgIpc) is 3.24. The molecule has 3 aliphatic heterocycles. The molecule has 2 saturated heterocycles. The number of hydrogen-bond donors (Lipinski definition) is 0. The molecule has 2 aromatic carbocycles. The average molecular weight is 513 g/mol. The van der Waals surface area contributed by atoms with Gasteiger partial charge >= 0.3 is 12.0 Å². The van der Waals surface area contributed by atoms with Gasteiger partial charge in [-0.15, -0.1) is 0 Å². The lowest BCUT2D eigenvalue weighted by Crippen LogP contribution is -2.67. The number of hydrogen-bond acceptors (Lipinski definition) is 4. The predicted octanol–water partition coefficient (Wildman–Crippen LogP) is 4.76. The van der Waals surface area contributed by atoms with Crippen LogP contribution in [0, 0.1) is 0 Å². The van der Waals surface area contributed by atoms with Crippen LogP contribution in [-0.2, 0) is 4.79 Å². The lowest BCUT2D eigenvalue weighted by atomic mass is 9.79. The van der Waals surface area contributed by atoms with Gasteiger partial charge in [-0.25, -0.2) is 0 Å². The highest BCUT2D eigenvalue weighted by Gasteiger charge is 2.60. The molecular formula is C28H29F3N3O3+. The number of piperidine rings is 1. The van der Waals surface area contributed by atoms with E-state index in [0.29, 0.717) is 56.1 Å². The van der Waals surface area contributed by atoms with Crippen molar-refractivity contribution < 1.29 is 32.0 Å². The Morgan fingerprint density at radius 1 is 0.919 bits per heavy atom. The van der Waals surface area contributed by atoms with Crippen molar-refractivity contribution in [1.82, 2.24) is 9.80 Å². The van der Waals surface area contributed by atoms with Crippen LogP contribution in [0.1, 0.15) is 23.2 Å². The number of rotatable bonds is 4. The van der Waals surface area contributed by atoms with Crippen LogP contribution in [0.25, 0.3) is 0 Å². The number of Topliss-reactive ketones (excluding diaryl/α,β-unsaturated/α-hetero) is 1. The molecule has 194 valence electrons. The summed E-state index contributed by atoms with van der Waals surface area (Å²) >= 11 is 0. The molecule has 3 aliphatic rings. The van der Waals surface area contributed by atoms with Gasteiger partial charge in [-0.1, -0.05) is 18.2 Å². The molecule has 3 heterocycles. The molecule has 0 radical (unpaired) electrons. The number of nitrogens with zero attached hydrogens (tertiary/aromatic N) is 3. The Bertz CT molecular complexity index is 1260. The fourth-order valence-electron chi connectivity index (χ4n) is 5.87. The van der Waals surface area contributed by atoms with Crippen molar-refractivity contribution in [3.8, 4) is 11.5 Å². The molecule has 2 fully saturated rings. The molecule has 0 aromatic heterocycles. The first-order valence-electron chi connectivity index (χ1n) is 12.3. The minimum absolute atomic E-state index is 0.0942. The van der Waals surface area contributed by atoms with Gasteiger partial charge in [0, 0.05) is 37.3 Å². The highest BCUT2D eigenvalue weighted by atomic mass is 19.4. The molecule has 37 heavy (non-hydrogen) atoms. The smallest absolute Gasteiger partial charge is 0.457 e. The van der Waals surface area contributed by atoms with Crippen LogP contribution in [0.15, 0.2) is 78.1 Å². The molecule has 1 unspecified atom stereocenters. The molecule has 5 rings (SSSR count). The van der Waals surface area contributed by atoms with Crippen molar-refractivity contribution in [3.05, 3.63) is 83.7 Å². The Balaban J connectivity index is 1.28. The Labute approximate surface area is 213 Å². The van der Waals surface area contributed by atoms with E-state index in [1.807, 2.05) is 37.4 Å². The number of amides is 1. The first kappa shape index (κ1) is 25.2. The highest BCUT2D eigenvalue weighted by Crippen LogP contribution is 2.48. The van der Waals surface area contributed by atoms with Crippen LogP contribution >= 0.6 is 0 Å². The van der Waals surface area contributed by atoms with E-state index in [-0.39, 0.29) is 16.1 Å². The van der Waals surface area contributed by atoms with Crippen molar-refractivity contribution in [2.45, 2.75) is 24.6 Å². The quantitative estimate of drug-likeness (QED) is 0.555. The number of likely N-dealkylation sites (tertiary alicyclic amines) is 1. The van der Waals surface area contributed by atoms with Crippen LogP contribution in [0.4, 0.5) is 13.2 Å². The summed E-state index contributed by atoms with van der Waals surface area (Å²) in [5.74, 6) is -0.539. The van der Waals surface area contributed by atoms with Gasteiger partial charge < -0.3 is 9.64 Å². The number of alkyl halides is 3. The Hall–Kier alpha value is -3.43. The second kappa shape index (κ2) is 9.15. The normalized spacial score (nSPS) is 23.3. The summed E-state index contributed by atoms with van der Waals surface area (Å²) in [4.78, 5) is 29.4. The van der Waals surface area contributed by atoms with Gasteiger partial charge in [-0.3, -0.25) is 19.0 Å². The number of halogens is 3. The van der Waals surface area contributed by atoms with Gasteiger partial charge in [-0.05, 0) is 56.3 Å². The minimum atomic E-state index is -4.91. The molecule has 2 aromatic rings. The number of ketones is 1. The molecule has 0 N–H and O–H groups in total.